The lowest BCUT2D eigenvalue weighted by Crippen LogP contribution is -2.40. The van der Waals surface area contributed by atoms with Crippen LogP contribution in [0, 0.1) is 11.8 Å². The summed E-state index contributed by atoms with van der Waals surface area (Å²) in [6.45, 7) is 4.24. The minimum absolute atomic E-state index is 0.579. The van der Waals surface area contributed by atoms with E-state index in [0.717, 1.165) is 41.8 Å². The quantitative estimate of drug-likeness (QED) is 0.893. The van der Waals surface area contributed by atoms with E-state index in [1.165, 1.54) is 32.4 Å². The predicted molar refractivity (Wildman–Crippen MR) is 92.4 cm³/mol. The van der Waals surface area contributed by atoms with Crippen LogP contribution >= 0.6 is 0 Å². The van der Waals surface area contributed by atoms with E-state index in [0.29, 0.717) is 6.04 Å². The van der Waals surface area contributed by atoms with Crippen molar-refractivity contribution >= 4 is 16.9 Å². The number of nitrogens with zero attached hydrogens (tertiary/aromatic N) is 4. The van der Waals surface area contributed by atoms with Gasteiger partial charge in [-0.1, -0.05) is 0 Å². The van der Waals surface area contributed by atoms with Crippen molar-refractivity contribution in [1.29, 1.82) is 0 Å². The zero-order valence-electron chi connectivity index (χ0n) is 13.8. The number of hydrogen-bond acceptors (Lipinski definition) is 5. The Hall–Kier alpha value is -1.66. The third-order valence-corrected chi connectivity index (χ3v) is 5.79. The van der Waals surface area contributed by atoms with Crippen LogP contribution < -0.4 is 10.6 Å². The molecule has 2 aromatic heterocycles. The molecule has 1 saturated heterocycles. The van der Waals surface area contributed by atoms with Gasteiger partial charge in [-0.3, -0.25) is 0 Å². The lowest BCUT2D eigenvalue weighted by Gasteiger charge is -2.34. The second-order valence-corrected chi connectivity index (χ2v) is 7.07. The van der Waals surface area contributed by atoms with Crippen LogP contribution in [0.2, 0.25) is 0 Å². The van der Waals surface area contributed by atoms with Crippen LogP contribution in [0.15, 0.2) is 18.6 Å². The fourth-order valence-corrected chi connectivity index (χ4v) is 4.54. The first-order valence-corrected chi connectivity index (χ1v) is 8.69. The zero-order chi connectivity index (χ0) is 15.8. The van der Waals surface area contributed by atoms with Gasteiger partial charge < -0.3 is 20.5 Å². The van der Waals surface area contributed by atoms with Gasteiger partial charge in [0.15, 0.2) is 0 Å². The molecule has 2 fully saturated rings. The number of likely N-dealkylation sites (tertiary alicyclic amines) is 1. The summed E-state index contributed by atoms with van der Waals surface area (Å²) in [7, 11) is 2.19. The van der Waals surface area contributed by atoms with Gasteiger partial charge in [-0.15, -0.1) is 0 Å². The number of H-pyrrole nitrogens is 1. The molecule has 1 saturated carbocycles. The van der Waals surface area contributed by atoms with Crippen molar-refractivity contribution in [3.63, 3.8) is 0 Å². The number of aromatic amines is 1. The minimum atomic E-state index is 0.579. The van der Waals surface area contributed by atoms with Crippen LogP contribution in [-0.4, -0.2) is 59.1 Å². The Kier molecular flexibility index (Phi) is 3.95. The molecule has 6 heteroatoms. The first kappa shape index (κ1) is 14.9. The molecule has 0 unspecified atom stereocenters. The smallest absolute Gasteiger partial charge is 0.142 e. The molecule has 4 rings (SSSR count). The standard InChI is InChI=1S/C17H26N6/c1-22(17-15-2-5-19-16(15)20-11-21-17)14-8-12-3-6-23(7-4-18)10-13(12)9-14/h2,5,11-14H,3-4,6-10,18H2,1H3,(H,19,20,21)/t12-,13-,14+/m1/s1. The molecule has 23 heavy (non-hydrogen) atoms. The van der Waals surface area contributed by atoms with E-state index in [4.69, 9.17) is 5.73 Å². The molecule has 3 atom stereocenters. The second-order valence-electron chi connectivity index (χ2n) is 7.07. The Morgan fingerprint density at radius 2 is 2.22 bits per heavy atom. The fraction of sp³-hybridized carbons (Fsp3) is 0.647. The van der Waals surface area contributed by atoms with Gasteiger partial charge in [-0.05, 0) is 43.7 Å². The maximum atomic E-state index is 5.72. The molecule has 3 heterocycles. The molecule has 124 valence electrons. The molecule has 2 aliphatic rings. The number of anilines is 1. The first-order chi connectivity index (χ1) is 11.3. The number of fused-ring (bicyclic) bond motifs is 2. The van der Waals surface area contributed by atoms with Gasteiger partial charge >= 0.3 is 0 Å². The molecule has 0 amide bonds. The Bertz CT molecular complexity index is 668. The monoisotopic (exact) mass is 314 g/mol. The highest BCUT2D eigenvalue weighted by Crippen LogP contribution is 2.41. The molecule has 0 radical (unpaired) electrons. The Morgan fingerprint density at radius 1 is 1.35 bits per heavy atom. The van der Waals surface area contributed by atoms with Crippen molar-refractivity contribution < 1.29 is 0 Å². The van der Waals surface area contributed by atoms with Crippen LogP contribution in [0.5, 0.6) is 0 Å². The molecule has 2 aromatic rings. The summed E-state index contributed by atoms with van der Waals surface area (Å²) in [4.78, 5) is 17.0. The van der Waals surface area contributed by atoms with Gasteiger partial charge in [0.25, 0.3) is 0 Å². The number of aromatic nitrogens is 3. The summed E-state index contributed by atoms with van der Waals surface area (Å²) >= 11 is 0. The van der Waals surface area contributed by atoms with Crippen molar-refractivity contribution in [2.75, 3.05) is 38.1 Å². The highest BCUT2D eigenvalue weighted by molar-refractivity contribution is 5.87. The van der Waals surface area contributed by atoms with E-state index in [-0.39, 0.29) is 0 Å². The molecule has 1 aliphatic heterocycles. The largest absolute Gasteiger partial charge is 0.356 e. The van der Waals surface area contributed by atoms with Crippen LogP contribution in [-0.2, 0) is 0 Å². The van der Waals surface area contributed by atoms with E-state index in [1.807, 2.05) is 6.20 Å². The fourth-order valence-electron chi connectivity index (χ4n) is 4.54. The van der Waals surface area contributed by atoms with E-state index in [2.05, 4.69) is 37.9 Å². The maximum Gasteiger partial charge on any atom is 0.142 e. The molecular weight excluding hydrogens is 288 g/mol. The summed E-state index contributed by atoms with van der Waals surface area (Å²) in [6, 6.07) is 2.66. The van der Waals surface area contributed by atoms with Gasteiger partial charge in [0.2, 0.25) is 0 Å². The highest BCUT2D eigenvalue weighted by atomic mass is 15.2. The Balaban J connectivity index is 1.50. The molecule has 0 aromatic carbocycles. The summed E-state index contributed by atoms with van der Waals surface area (Å²) < 4.78 is 0. The topological polar surface area (TPSA) is 74.1 Å². The van der Waals surface area contributed by atoms with Gasteiger partial charge in [-0.25, -0.2) is 9.97 Å². The summed E-state index contributed by atoms with van der Waals surface area (Å²) in [6.07, 6.45) is 7.47. The summed E-state index contributed by atoms with van der Waals surface area (Å²) in [5.74, 6) is 2.73. The van der Waals surface area contributed by atoms with Crippen LogP contribution in [0.25, 0.3) is 11.0 Å². The van der Waals surface area contributed by atoms with Crippen molar-refractivity contribution in [3.05, 3.63) is 18.6 Å². The van der Waals surface area contributed by atoms with Gasteiger partial charge in [0, 0.05) is 38.9 Å². The van der Waals surface area contributed by atoms with E-state index < -0.39 is 0 Å². The number of rotatable bonds is 4. The normalized spacial score (nSPS) is 28.2. The molecule has 0 spiro atoms. The number of piperidine rings is 1. The zero-order valence-corrected chi connectivity index (χ0v) is 13.8. The number of nitrogens with two attached hydrogens (primary N) is 1. The molecule has 1 aliphatic carbocycles. The lowest BCUT2D eigenvalue weighted by molar-refractivity contribution is 0.142. The number of hydrogen-bond donors (Lipinski definition) is 2. The number of nitrogens with one attached hydrogen (secondary N) is 1. The average molecular weight is 314 g/mol. The molecule has 0 bridgehead atoms. The third-order valence-electron chi connectivity index (χ3n) is 5.79. The predicted octanol–water partition coefficient (Wildman–Crippen LogP) is 1.45. The molecular formula is C17H26N6. The van der Waals surface area contributed by atoms with Crippen LogP contribution in [0.1, 0.15) is 19.3 Å². The minimum Gasteiger partial charge on any atom is -0.356 e. The van der Waals surface area contributed by atoms with Crippen molar-refractivity contribution in [1.82, 2.24) is 19.9 Å². The van der Waals surface area contributed by atoms with Crippen molar-refractivity contribution in [2.24, 2.45) is 17.6 Å². The lowest BCUT2D eigenvalue weighted by atomic mass is 9.89. The van der Waals surface area contributed by atoms with Crippen molar-refractivity contribution in [3.8, 4) is 0 Å². The van der Waals surface area contributed by atoms with Gasteiger partial charge in [0.1, 0.15) is 17.8 Å². The van der Waals surface area contributed by atoms with Crippen LogP contribution in [0.3, 0.4) is 0 Å². The van der Waals surface area contributed by atoms with Crippen LogP contribution in [0.4, 0.5) is 5.82 Å². The summed E-state index contributed by atoms with van der Waals surface area (Å²) in [5.41, 5.74) is 6.65. The van der Waals surface area contributed by atoms with E-state index in [1.54, 1.807) is 6.33 Å². The van der Waals surface area contributed by atoms with Gasteiger partial charge in [-0.2, -0.15) is 0 Å². The van der Waals surface area contributed by atoms with Gasteiger partial charge in [0.05, 0.1) is 5.39 Å². The first-order valence-electron chi connectivity index (χ1n) is 8.69. The Morgan fingerprint density at radius 3 is 3.09 bits per heavy atom. The SMILES string of the molecule is CN(c1ncnc2[nH]ccc12)[C@H]1C[C@H]2CCN(CCN)C[C@H]2C1. The maximum absolute atomic E-state index is 5.72. The average Bonchev–Trinajstić information content (AvgIpc) is 3.20. The van der Waals surface area contributed by atoms with E-state index >= 15 is 0 Å². The molecule has 6 nitrogen and oxygen atoms in total. The highest BCUT2D eigenvalue weighted by Gasteiger charge is 2.39. The van der Waals surface area contributed by atoms with Crippen molar-refractivity contribution in [2.45, 2.75) is 25.3 Å². The molecule has 3 N–H and O–H groups in total. The summed E-state index contributed by atoms with van der Waals surface area (Å²) in [5, 5.41) is 1.12. The van der Waals surface area contributed by atoms with E-state index in [9.17, 15) is 0 Å². The third kappa shape index (κ3) is 2.70. The second kappa shape index (κ2) is 6.09. The Labute approximate surface area is 137 Å².